The van der Waals surface area contributed by atoms with Crippen molar-refractivity contribution in [3.63, 3.8) is 0 Å². The normalized spacial score (nSPS) is 23.6. The predicted molar refractivity (Wildman–Crippen MR) is 84.8 cm³/mol. The average molecular weight is 274 g/mol. The van der Waals surface area contributed by atoms with Crippen molar-refractivity contribution < 1.29 is 9.31 Å². The minimum atomic E-state index is -0.276. The highest BCUT2D eigenvalue weighted by Gasteiger charge is 2.57. The summed E-state index contributed by atoms with van der Waals surface area (Å²) in [6.07, 6.45) is 2.16. The Labute approximate surface area is 124 Å². The predicted octanol–water partition coefficient (Wildman–Crippen LogP) is 4.38. The molecule has 0 aromatic heterocycles. The minimum Gasteiger partial charge on any atom is -0.403 e. The zero-order valence-corrected chi connectivity index (χ0v) is 13.7. The molecule has 0 bridgehead atoms. The van der Waals surface area contributed by atoms with Crippen molar-refractivity contribution in [1.82, 2.24) is 0 Å². The van der Waals surface area contributed by atoms with Crippen LogP contribution in [0.1, 0.15) is 59.9 Å². The van der Waals surface area contributed by atoms with Gasteiger partial charge in [0.15, 0.2) is 0 Å². The standard InChI is InChI=1S/C17H27BO2/c1-7-13-17(6,14-11-9-8-10-12-14)18-19-15(2,3)16(4,5)20-18/h8-12H,7,13H2,1-6H3. The maximum Gasteiger partial charge on any atom is 0.468 e. The van der Waals surface area contributed by atoms with Gasteiger partial charge in [-0.15, -0.1) is 0 Å². The van der Waals surface area contributed by atoms with Crippen molar-refractivity contribution in [3.8, 4) is 0 Å². The molecule has 1 aromatic carbocycles. The molecular weight excluding hydrogens is 247 g/mol. The van der Waals surface area contributed by atoms with Crippen LogP contribution < -0.4 is 0 Å². The molecule has 1 aliphatic rings. The van der Waals surface area contributed by atoms with Gasteiger partial charge in [-0.25, -0.2) is 0 Å². The molecule has 110 valence electrons. The molecule has 1 aliphatic heterocycles. The molecule has 0 spiro atoms. The Kier molecular flexibility index (Phi) is 4.05. The Hall–Kier alpha value is -0.795. The highest BCUT2D eigenvalue weighted by Crippen LogP contribution is 2.44. The zero-order chi connectivity index (χ0) is 15.0. The smallest absolute Gasteiger partial charge is 0.403 e. The van der Waals surface area contributed by atoms with Crippen LogP contribution in [0.4, 0.5) is 0 Å². The van der Waals surface area contributed by atoms with Gasteiger partial charge in [-0.1, -0.05) is 50.6 Å². The molecule has 1 atom stereocenters. The molecule has 0 aliphatic carbocycles. The lowest BCUT2D eigenvalue weighted by Gasteiger charge is -2.32. The first-order chi connectivity index (χ1) is 9.23. The van der Waals surface area contributed by atoms with Crippen molar-refractivity contribution in [2.45, 2.75) is 70.9 Å². The van der Waals surface area contributed by atoms with Crippen LogP contribution >= 0.6 is 0 Å². The summed E-state index contributed by atoms with van der Waals surface area (Å²) in [5.74, 6) is 0. The van der Waals surface area contributed by atoms with E-state index in [1.165, 1.54) is 5.56 Å². The summed E-state index contributed by atoms with van der Waals surface area (Å²) in [5, 5.41) is -0.110. The van der Waals surface area contributed by atoms with Gasteiger partial charge in [-0.3, -0.25) is 0 Å². The number of hydrogen-bond acceptors (Lipinski definition) is 2. The molecule has 0 N–H and O–H groups in total. The van der Waals surface area contributed by atoms with E-state index in [4.69, 9.17) is 9.31 Å². The summed E-state index contributed by atoms with van der Waals surface area (Å²) in [5.41, 5.74) is 0.739. The van der Waals surface area contributed by atoms with Gasteiger partial charge in [0.05, 0.1) is 11.2 Å². The van der Waals surface area contributed by atoms with E-state index < -0.39 is 0 Å². The Morgan fingerprint density at radius 2 is 1.50 bits per heavy atom. The molecule has 1 fully saturated rings. The van der Waals surface area contributed by atoms with Crippen LogP contribution in [-0.2, 0) is 14.6 Å². The van der Waals surface area contributed by atoms with E-state index in [9.17, 15) is 0 Å². The van der Waals surface area contributed by atoms with E-state index in [0.29, 0.717) is 0 Å². The second kappa shape index (κ2) is 5.20. The van der Waals surface area contributed by atoms with Crippen LogP contribution in [-0.4, -0.2) is 18.3 Å². The fourth-order valence-corrected chi connectivity index (χ4v) is 2.84. The van der Waals surface area contributed by atoms with Gasteiger partial charge in [0, 0.05) is 5.31 Å². The Morgan fingerprint density at radius 1 is 1.00 bits per heavy atom. The van der Waals surface area contributed by atoms with Crippen LogP contribution in [0.15, 0.2) is 30.3 Å². The number of hydrogen-bond donors (Lipinski definition) is 0. The topological polar surface area (TPSA) is 18.5 Å². The first-order valence-corrected chi connectivity index (χ1v) is 7.64. The molecule has 20 heavy (non-hydrogen) atoms. The molecule has 1 aromatic rings. The monoisotopic (exact) mass is 274 g/mol. The van der Waals surface area contributed by atoms with Crippen molar-refractivity contribution >= 4 is 7.12 Å². The van der Waals surface area contributed by atoms with Crippen LogP contribution in [0.3, 0.4) is 0 Å². The first kappa shape index (κ1) is 15.6. The lowest BCUT2D eigenvalue weighted by Crippen LogP contribution is -2.43. The highest BCUT2D eigenvalue weighted by atomic mass is 16.7. The van der Waals surface area contributed by atoms with E-state index in [0.717, 1.165) is 12.8 Å². The van der Waals surface area contributed by atoms with Crippen LogP contribution in [0.25, 0.3) is 0 Å². The van der Waals surface area contributed by atoms with Gasteiger partial charge in [0.1, 0.15) is 0 Å². The Morgan fingerprint density at radius 3 is 1.95 bits per heavy atom. The molecule has 1 saturated heterocycles. The van der Waals surface area contributed by atoms with Gasteiger partial charge in [-0.05, 0) is 39.7 Å². The van der Waals surface area contributed by atoms with Gasteiger partial charge in [-0.2, -0.15) is 0 Å². The lowest BCUT2D eigenvalue weighted by atomic mass is 9.53. The van der Waals surface area contributed by atoms with Crippen LogP contribution in [0.5, 0.6) is 0 Å². The summed E-state index contributed by atoms with van der Waals surface area (Å²) >= 11 is 0. The van der Waals surface area contributed by atoms with Crippen molar-refractivity contribution in [2.75, 3.05) is 0 Å². The minimum absolute atomic E-state index is 0.110. The summed E-state index contributed by atoms with van der Waals surface area (Å²) in [4.78, 5) is 0. The van der Waals surface area contributed by atoms with E-state index in [-0.39, 0.29) is 23.6 Å². The van der Waals surface area contributed by atoms with Gasteiger partial charge >= 0.3 is 7.12 Å². The largest absolute Gasteiger partial charge is 0.468 e. The maximum absolute atomic E-state index is 6.31. The molecule has 2 nitrogen and oxygen atoms in total. The molecule has 0 saturated carbocycles. The SMILES string of the molecule is CCCC(C)(B1OC(C)(C)C(C)(C)O1)c1ccccc1. The highest BCUT2D eigenvalue weighted by molar-refractivity contribution is 6.49. The van der Waals surface area contributed by atoms with Crippen LogP contribution in [0.2, 0.25) is 0 Å². The third-order valence-corrected chi connectivity index (χ3v) is 4.98. The molecule has 2 rings (SSSR count). The molecule has 1 heterocycles. The molecule has 0 radical (unpaired) electrons. The van der Waals surface area contributed by atoms with E-state index in [1.54, 1.807) is 0 Å². The second-order valence-corrected chi connectivity index (χ2v) is 7.12. The van der Waals surface area contributed by atoms with Gasteiger partial charge < -0.3 is 9.31 Å². The Balaban J connectivity index is 2.36. The lowest BCUT2D eigenvalue weighted by molar-refractivity contribution is 0.00578. The third kappa shape index (κ3) is 2.54. The zero-order valence-electron chi connectivity index (χ0n) is 13.7. The van der Waals surface area contributed by atoms with E-state index in [1.807, 2.05) is 0 Å². The molecule has 3 heteroatoms. The van der Waals surface area contributed by atoms with Crippen molar-refractivity contribution in [1.29, 1.82) is 0 Å². The summed E-state index contributed by atoms with van der Waals surface area (Å²) in [6.45, 7) is 12.9. The molecular formula is C17H27BO2. The summed E-state index contributed by atoms with van der Waals surface area (Å²) in [7, 11) is -0.199. The average Bonchev–Trinajstić information content (AvgIpc) is 2.60. The van der Waals surface area contributed by atoms with Gasteiger partial charge in [0.25, 0.3) is 0 Å². The van der Waals surface area contributed by atoms with E-state index >= 15 is 0 Å². The number of rotatable bonds is 4. The molecule has 1 unspecified atom stereocenters. The second-order valence-electron chi connectivity index (χ2n) is 7.12. The summed E-state index contributed by atoms with van der Waals surface area (Å²) < 4.78 is 12.6. The first-order valence-electron chi connectivity index (χ1n) is 7.64. The molecule has 0 amide bonds. The van der Waals surface area contributed by atoms with E-state index in [2.05, 4.69) is 71.9 Å². The quantitative estimate of drug-likeness (QED) is 0.759. The fourth-order valence-electron chi connectivity index (χ4n) is 2.84. The van der Waals surface area contributed by atoms with Crippen LogP contribution in [0, 0.1) is 0 Å². The fraction of sp³-hybridized carbons (Fsp3) is 0.647. The Bertz CT molecular complexity index is 439. The summed E-state index contributed by atoms with van der Waals surface area (Å²) in [6, 6.07) is 10.6. The van der Waals surface area contributed by atoms with Crippen molar-refractivity contribution in [2.24, 2.45) is 0 Å². The number of benzene rings is 1. The van der Waals surface area contributed by atoms with Gasteiger partial charge in [0.2, 0.25) is 0 Å². The maximum atomic E-state index is 6.31. The van der Waals surface area contributed by atoms with Crippen molar-refractivity contribution in [3.05, 3.63) is 35.9 Å². The third-order valence-electron chi connectivity index (χ3n) is 4.98.